The van der Waals surface area contributed by atoms with Crippen LogP contribution in [-0.2, 0) is 33.0 Å². The summed E-state index contributed by atoms with van der Waals surface area (Å²) in [5.41, 5.74) is 0. The van der Waals surface area contributed by atoms with Crippen molar-refractivity contribution >= 4 is 99.5 Å². The van der Waals surface area contributed by atoms with Gasteiger partial charge in [0.15, 0.2) is 0 Å². The van der Waals surface area contributed by atoms with Gasteiger partial charge in [0.2, 0.25) is 0 Å². The molecule has 0 amide bonds. The molecule has 0 N–H and O–H groups in total. The Labute approximate surface area is 115 Å². The van der Waals surface area contributed by atoms with Gasteiger partial charge >= 0.3 is 0 Å². The minimum Gasteiger partial charge on any atom is -0.302 e. The van der Waals surface area contributed by atoms with Crippen LogP contribution < -0.4 is 0 Å². The molecule has 0 bridgehead atoms. The van der Waals surface area contributed by atoms with Crippen molar-refractivity contribution in [2.24, 2.45) is 0 Å². The largest absolute Gasteiger partial charge is 0.302 e. The summed E-state index contributed by atoms with van der Waals surface area (Å²) in [6, 6.07) is 0. The maximum Gasteiger partial charge on any atom is 0.0820 e. The molecular weight excluding hydrogens is 361 g/mol. The fourth-order valence-corrected chi connectivity index (χ4v) is 19.5. The molecule has 1 nitrogen and oxygen atoms in total. The smallest absolute Gasteiger partial charge is 0.0820 e. The predicted molar refractivity (Wildman–Crippen MR) is 88.3 cm³/mol. The van der Waals surface area contributed by atoms with Crippen LogP contribution in [0.2, 0.25) is 0 Å². The molecule has 0 aliphatic rings. The van der Waals surface area contributed by atoms with Crippen LogP contribution in [0.3, 0.4) is 0 Å². The molecular formula is C2H6OS10. The first kappa shape index (κ1) is 16.2. The molecule has 0 rings (SSSR count). The van der Waals surface area contributed by atoms with Crippen LogP contribution in [0.25, 0.3) is 0 Å². The van der Waals surface area contributed by atoms with Gasteiger partial charge < -0.3 is 4.18 Å². The summed E-state index contributed by atoms with van der Waals surface area (Å²) in [4.78, 5) is 0. The van der Waals surface area contributed by atoms with Crippen molar-refractivity contribution in [3.05, 3.63) is 0 Å². The lowest BCUT2D eigenvalue weighted by atomic mass is 10.9. The molecule has 0 aromatic rings. The second-order valence-corrected chi connectivity index (χ2v) is 19.2. The van der Waals surface area contributed by atoms with Gasteiger partial charge in [0.05, 0.1) is 13.1 Å². The lowest BCUT2D eigenvalue weighted by Crippen LogP contribution is -1.93. The maximum atomic E-state index is 5.24. The summed E-state index contributed by atoms with van der Waals surface area (Å²) in [5.74, 6) is 0. The molecule has 0 saturated carbocycles. The first-order chi connectivity index (χ1) is 6.12. The highest BCUT2D eigenvalue weighted by Crippen LogP contribution is 2.54. The highest BCUT2D eigenvalue weighted by Gasteiger charge is 2.03. The molecule has 11 heteroatoms. The van der Waals surface area contributed by atoms with Crippen LogP contribution in [0, 0.1) is 0 Å². The minimum absolute atomic E-state index is 0.592. The van der Waals surface area contributed by atoms with E-state index in [1.807, 2.05) is 6.92 Å². The fourth-order valence-electron chi connectivity index (χ4n) is 0.244. The van der Waals surface area contributed by atoms with Gasteiger partial charge in [-0.1, -0.05) is 11.7 Å². The number of rotatable bonds is 8. The molecule has 0 spiro atoms. The van der Waals surface area contributed by atoms with Crippen LogP contribution in [0.4, 0.5) is 0 Å². The van der Waals surface area contributed by atoms with Crippen molar-refractivity contribution in [2.75, 3.05) is 6.61 Å². The molecule has 80 valence electrons. The Morgan fingerprint density at radius 3 is 2.38 bits per heavy atom. The molecule has 0 aliphatic heterocycles. The Balaban J connectivity index is 3.41. The van der Waals surface area contributed by atoms with Crippen molar-refractivity contribution < 1.29 is 4.18 Å². The van der Waals surface area contributed by atoms with Gasteiger partial charge in [-0.25, -0.2) is 0 Å². The van der Waals surface area contributed by atoms with Crippen LogP contribution in [0.1, 0.15) is 6.92 Å². The normalized spacial score (nSPS) is 11.8. The zero-order valence-electron chi connectivity index (χ0n) is 6.24. The van der Waals surface area contributed by atoms with Crippen molar-refractivity contribution in [3.8, 4) is 0 Å². The third kappa shape index (κ3) is 11.5. The lowest BCUT2D eigenvalue weighted by Gasteiger charge is -2.05. The van der Waals surface area contributed by atoms with Crippen LogP contribution in [0.15, 0.2) is 0 Å². The third-order valence-electron chi connectivity index (χ3n) is 0.487. The monoisotopic (exact) mass is 366 g/mol. The Hall–Kier alpha value is 3.20. The molecule has 0 unspecified atom stereocenters. The Morgan fingerprint density at radius 1 is 1.23 bits per heavy atom. The van der Waals surface area contributed by atoms with Gasteiger partial charge in [-0.3, -0.25) is 0 Å². The summed E-state index contributed by atoms with van der Waals surface area (Å²) in [5, 5.41) is 0. The average molecular weight is 367 g/mol. The van der Waals surface area contributed by atoms with Gasteiger partial charge in [-0.2, -0.15) is 0 Å². The van der Waals surface area contributed by atoms with Crippen LogP contribution in [-0.4, -0.2) is 6.61 Å². The Bertz CT molecular complexity index is 195. The standard InChI is InChI=1S/C2H6OS10/c1-2-3-13(5,6)12-11-10-9-8-7-4/h4H,2H2,1H3. The maximum absolute atomic E-state index is 5.24. The number of hydrogen-bond acceptors (Lipinski definition) is 10. The summed E-state index contributed by atoms with van der Waals surface area (Å²) in [7, 11) is 9.32. The molecule has 0 heterocycles. The van der Waals surface area contributed by atoms with Gasteiger partial charge in [0.1, 0.15) is 0 Å². The summed E-state index contributed by atoms with van der Waals surface area (Å²) in [6.07, 6.45) is 0. The molecule has 0 radical (unpaired) electrons. The van der Waals surface area contributed by atoms with Gasteiger partial charge in [0.25, 0.3) is 0 Å². The van der Waals surface area contributed by atoms with E-state index in [-0.39, 0.29) is 0 Å². The first-order valence-electron chi connectivity index (χ1n) is 2.68. The third-order valence-corrected chi connectivity index (χ3v) is 18.4. The fraction of sp³-hybridized carbons (Fsp3) is 1.00. The highest BCUT2D eigenvalue weighted by molar-refractivity contribution is 9.49. The molecule has 0 atom stereocenters. The lowest BCUT2D eigenvalue weighted by molar-refractivity contribution is 0.402. The van der Waals surface area contributed by atoms with Crippen molar-refractivity contribution in [2.45, 2.75) is 6.92 Å². The van der Waals surface area contributed by atoms with E-state index in [0.29, 0.717) is 6.61 Å². The minimum atomic E-state index is -1.74. The zero-order valence-corrected chi connectivity index (χ0v) is 14.5. The summed E-state index contributed by atoms with van der Waals surface area (Å²) < 4.78 is 5.24. The molecule has 0 fully saturated rings. The Kier molecular flexibility index (Phi) is 12.9. The van der Waals surface area contributed by atoms with E-state index in [1.165, 1.54) is 19.7 Å². The molecule has 0 aromatic carbocycles. The van der Waals surface area contributed by atoms with E-state index < -0.39 is 6.46 Å². The average Bonchev–Trinajstić information content (AvgIpc) is 2.04. The highest BCUT2D eigenvalue weighted by atomic mass is 34.0. The second kappa shape index (κ2) is 10.4. The van der Waals surface area contributed by atoms with E-state index in [9.17, 15) is 0 Å². The van der Waals surface area contributed by atoms with E-state index in [1.54, 1.807) is 39.3 Å². The Morgan fingerprint density at radius 2 is 1.85 bits per heavy atom. The van der Waals surface area contributed by atoms with E-state index in [0.717, 1.165) is 0 Å². The molecule has 0 aliphatic carbocycles. The van der Waals surface area contributed by atoms with Crippen LogP contribution >= 0.6 is 70.6 Å². The second-order valence-electron chi connectivity index (χ2n) is 1.23. The van der Waals surface area contributed by atoms with E-state index in [2.05, 4.69) is 11.7 Å². The van der Waals surface area contributed by atoms with Gasteiger partial charge in [-0.05, 0) is 58.8 Å². The topological polar surface area (TPSA) is 9.23 Å². The van der Waals surface area contributed by atoms with Crippen molar-refractivity contribution in [1.82, 2.24) is 0 Å². The first-order valence-corrected chi connectivity index (χ1v) is 15.1. The molecule has 0 aromatic heterocycles. The predicted octanol–water partition coefficient (Wildman–Crippen LogP) is 4.75. The van der Waals surface area contributed by atoms with Crippen molar-refractivity contribution in [3.63, 3.8) is 0 Å². The summed E-state index contributed by atoms with van der Waals surface area (Å²) in [6.45, 7) is 0.754. The van der Waals surface area contributed by atoms with E-state index >= 15 is 0 Å². The van der Waals surface area contributed by atoms with Crippen molar-refractivity contribution in [1.29, 1.82) is 0 Å². The SMILES string of the molecule is CCOS(=S)(=S)SSSSSSS. The quantitative estimate of drug-likeness (QED) is 0.367. The zero-order chi connectivity index (χ0) is 10.2. The van der Waals surface area contributed by atoms with Gasteiger partial charge in [-0.15, -0.1) is 0 Å². The number of thiol groups is 1. The van der Waals surface area contributed by atoms with Crippen LogP contribution in [0.5, 0.6) is 0 Å². The van der Waals surface area contributed by atoms with E-state index in [4.69, 9.17) is 26.6 Å². The molecule has 13 heavy (non-hydrogen) atoms. The summed E-state index contributed by atoms with van der Waals surface area (Å²) >= 11 is 14.2. The molecule has 0 saturated heterocycles. The number of hydrogen-bond donors (Lipinski definition) is 1. The van der Waals surface area contributed by atoms with Gasteiger partial charge in [0, 0.05) is 29.5 Å².